The van der Waals surface area contributed by atoms with Crippen LogP contribution in [0.3, 0.4) is 0 Å². The van der Waals surface area contributed by atoms with Gasteiger partial charge in [-0.05, 0) is 34.5 Å². The molecule has 6 nitrogen and oxygen atoms in total. The van der Waals surface area contributed by atoms with Crippen molar-refractivity contribution in [1.29, 1.82) is 0 Å². The lowest BCUT2D eigenvalue weighted by atomic mass is 9.92. The van der Waals surface area contributed by atoms with E-state index in [1.165, 1.54) is 13.8 Å². The summed E-state index contributed by atoms with van der Waals surface area (Å²) in [7, 11) is 3.11. The molecule has 6 heteroatoms. The second kappa shape index (κ2) is 8.65. The van der Waals surface area contributed by atoms with Crippen molar-refractivity contribution in [2.24, 2.45) is 0 Å². The first kappa shape index (κ1) is 20.2. The number of hydrogen-bond acceptors (Lipinski definition) is 5. The first-order valence-electron chi connectivity index (χ1n) is 9.13. The Labute approximate surface area is 169 Å². The fourth-order valence-corrected chi connectivity index (χ4v) is 3.38. The number of rotatable bonds is 6. The Kier molecular flexibility index (Phi) is 6.02. The maximum Gasteiger partial charge on any atom is 0.308 e. The first-order chi connectivity index (χ1) is 13.9. The van der Waals surface area contributed by atoms with Crippen molar-refractivity contribution in [3.05, 3.63) is 65.7 Å². The molecule has 0 saturated heterocycles. The van der Waals surface area contributed by atoms with Gasteiger partial charge in [0.2, 0.25) is 5.91 Å². The third kappa shape index (κ3) is 4.32. The molecule has 1 unspecified atom stereocenters. The summed E-state index contributed by atoms with van der Waals surface area (Å²) < 4.78 is 16.2. The Morgan fingerprint density at radius 1 is 0.862 bits per heavy atom. The van der Waals surface area contributed by atoms with E-state index in [-0.39, 0.29) is 5.91 Å². The maximum atomic E-state index is 12.1. The molecule has 3 aromatic rings. The van der Waals surface area contributed by atoms with Gasteiger partial charge in [0.1, 0.15) is 5.75 Å². The van der Waals surface area contributed by atoms with Crippen molar-refractivity contribution < 1.29 is 23.8 Å². The number of carbonyl (C=O) groups excluding carboxylic acids is 2. The van der Waals surface area contributed by atoms with Gasteiger partial charge in [-0.25, -0.2) is 0 Å². The van der Waals surface area contributed by atoms with Crippen LogP contribution in [-0.4, -0.2) is 26.1 Å². The van der Waals surface area contributed by atoms with E-state index in [2.05, 4.69) is 5.32 Å². The normalized spacial score (nSPS) is 11.6. The highest BCUT2D eigenvalue weighted by molar-refractivity contribution is 5.90. The second-order valence-corrected chi connectivity index (χ2v) is 6.54. The molecule has 0 radical (unpaired) electrons. The summed E-state index contributed by atoms with van der Waals surface area (Å²) in [5.41, 5.74) is 1.46. The molecule has 0 spiro atoms. The molecule has 0 aliphatic heterocycles. The zero-order valence-corrected chi connectivity index (χ0v) is 16.8. The van der Waals surface area contributed by atoms with Crippen LogP contribution in [0.25, 0.3) is 10.8 Å². The molecular weight excluding hydrogens is 370 g/mol. The van der Waals surface area contributed by atoms with Crippen LogP contribution in [0.4, 0.5) is 0 Å². The molecule has 1 N–H and O–H groups in total. The monoisotopic (exact) mass is 393 g/mol. The molecule has 3 aromatic carbocycles. The lowest BCUT2D eigenvalue weighted by molar-refractivity contribution is -0.131. The Hall–Kier alpha value is -3.54. The summed E-state index contributed by atoms with van der Waals surface area (Å²) in [6.45, 7) is 2.80. The zero-order valence-electron chi connectivity index (χ0n) is 16.8. The van der Waals surface area contributed by atoms with E-state index < -0.39 is 12.0 Å². The minimum atomic E-state index is -0.562. The SMILES string of the molecule is COc1ccc(C(NC(C)=O)c2c(OC(C)=O)ccc3ccccc23)cc1OC. The van der Waals surface area contributed by atoms with Gasteiger partial charge >= 0.3 is 5.97 Å². The van der Waals surface area contributed by atoms with Crippen LogP contribution in [0.15, 0.2) is 54.6 Å². The molecule has 0 heterocycles. The van der Waals surface area contributed by atoms with Gasteiger partial charge in [0.15, 0.2) is 11.5 Å². The lowest BCUT2D eigenvalue weighted by Gasteiger charge is -2.24. The summed E-state index contributed by atoms with van der Waals surface area (Å²) in [5.74, 6) is 0.859. The summed E-state index contributed by atoms with van der Waals surface area (Å²) in [6.07, 6.45) is 0. The number of fused-ring (bicyclic) bond motifs is 1. The fraction of sp³-hybridized carbons (Fsp3) is 0.217. The van der Waals surface area contributed by atoms with Crippen molar-refractivity contribution in [2.75, 3.05) is 14.2 Å². The highest BCUT2D eigenvalue weighted by Crippen LogP contribution is 2.39. The number of esters is 1. The molecule has 29 heavy (non-hydrogen) atoms. The molecule has 0 aliphatic carbocycles. The summed E-state index contributed by atoms with van der Waals surface area (Å²) in [5, 5.41) is 4.82. The third-order valence-electron chi connectivity index (χ3n) is 4.56. The van der Waals surface area contributed by atoms with E-state index in [0.29, 0.717) is 22.8 Å². The van der Waals surface area contributed by atoms with Crippen LogP contribution >= 0.6 is 0 Å². The second-order valence-electron chi connectivity index (χ2n) is 6.54. The van der Waals surface area contributed by atoms with Gasteiger partial charge in [0.05, 0.1) is 20.3 Å². The molecular formula is C23H23NO5. The summed E-state index contributed by atoms with van der Waals surface area (Å²) >= 11 is 0. The fourth-order valence-electron chi connectivity index (χ4n) is 3.38. The van der Waals surface area contributed by atoms with E-state index in [0.717, 1.165) is 16.3 Å². The lowest BCUT2D eigenvalue weighted by Crippen LogP contribution is -2.28. The average Bonchev–Trinajstić information content (AvgIpc) is 2.71. The number of amides is 1. The van der Waals surface area contributed by atoms with Crippen molar-refractivity contribution in [2.45, 2.75) is 19.9 Å². The molecule has 0 saturated carbocycles. The van der Waals surface area contributed by atoms with Crippen LogP contribution < -0.4 is 19.5 Å². The minimum Gasteiger partial charge on any atom is -0.493 e. The molecule has 0 fully saturated rings. The van der Waals surface area contributed by atoms with Gasteiger partial charge in [0, 0.05) is 19.4 Å². The standard InChI is InChI=1S/C23H23NO5/c1-14(25)24-23(17-10-11-19(27-3)21(13-17)28-4)22-18-8-6-5-7-16(18)9-12-20(22)29-15(2)26/h5-13,23H,1-4H3,(H,24,25). The van der Waals surface area contributed by atoms with Crippen molar-refractivity contribution >= 4 is 22.6 Å². The molecule has 3 rings (SSSR count). The predicted octanol–water partition coefficient (Wildman–Crippen LogP) is 4.01. The van der Waals surface area contributed by atoms with Gasteiger partial charge in [-0.3, -0.25) is 9.59 Å². The minimum absolute atomic E-state index is 0.216. The van der Waals surface area contributed by atoms with E-state index in [1.807, 2.05) is 36.4 Å². The van der Waals surface area contributed by atoms with Crippen molar-refractivity contribution in [3.63, 3.8) is 0 Å². The maximum absolute atomic E-state index is 12.1. The van der Waals surface area contributed by atoms with Crippen LogP contribution in [0.5, 0.6) is 17.2 Å². The van der Waals surface area contributed by atoms with Crippen molar-refractivity contribution in [3.8, 4) is 17.2 Å². The Bertz CT molecular complexity index is 1060. The van der Waals surface area contributed by atoms with Crippen LogP contribution in [0, 0.1) is 0 Å². The average molecular weight is 393 g/mol. The Morgan fingerprint density at radius 2 is 1.55 bits per heavy atom. The first-order valence-corrected chi connectivity index (χ1v) is 9.13. The van der Waals surface area contributed by atoms with Gasteiger partial charge in [0.25, 0.3) is 0 Å². The van der Waals surface area contributed by atoms with Gasteiger partial charge in [-0.2, -0.15) is 0 Å². The molecule has 0 aliphatic rings. The van der Waals surface area contributed by atoms with Crippen LogP contribution in [0.2, 0.25) is 0 Å². The number of ether oxygens (including phenoxy) is 3. The zero-order chi connectivity index (χ0) is 21.0. The Balaban J connectivity index is 2.28. The quantitative estimate of drug-likeness (QED) is 0.506. The van der Waals surface area contributed by atoms with E-state index >= 15 is 0 Å². The van der Waals surface area contributed by atoms with E-state index in [1.54, 1.807) is 32.4 Å². The number of nitrogens with one attached hydrogen (secondary N) is 1. The number of methoxy groups -OCH3 is 2. The third-order valence-corrected chi connectivity index (χ3v) is 4.56. The summed E-state index contributed by atoms with van der Waals surface area (Å²) in [6, 6.07) is 16.2. The van der Waals surface area contributed by atoms with Crippen LogP contribution in [-0.2, 0) is 9.59 Å². The van der Waals surface area contributed by atoms with Gasteiger partial charge in [-0.1, -0.05) is 36.4 Å². The van der Waals surface area contributed by atoms with Crippen molar-refractivity contribution in [1.82, 2.24) is 5.32 Å². The molecule has 0 bridgehead atoms. The Morgan fingerprint density at radius 3 is 2.21 bits per heavy atom. The largest absolute Gasteiger partial charge is 0.493 e. The number of carbonyl (C=O) groups is 2. The predicted molar refractivity (Wildman–Crippen MR) is 110 cm³/mol. The molecule has 1 amide bonds. The number of hydrogen-bond donors (Lipinski definition) is 1. The molecule has 0 aromatic heterocycles. The number of benzene rings is 3. The highest BCUT2D eigenvalue weighted by atomic mass is 16.5. The molecule has 1 atom stereocenters. The molecule has 150 valence electrons. The highest BCUT2D eigenvalue weighted by Gasteiger charge is 2.24. The van der Waals surface area contributed by atoms with E-state index in [9.17, 15) is 9.59 Å². The van der Waals surface area contributed by atoms with Gasteiger partial charge < -0.3 is 19.5 Å². The smallest absolute Gasteiger partial charge is 0.308 e. The summed E-state index contributed by atoms with van der Waals surface area (Å²) in [4.78, 5) is 23.8. The van der Waals surface area contributed by atoms with E-state index in [4.69, 9.17) is 14.2 Å². The van der Waals surface area contributed by atoms with Crippen LogP contribution in [0.1, 0.15) is 31.0 Å². The van der Waals surface area contributed by atoms with Gasteiger partial charge in [-0.15, -0.1) is 0 Å². The topological polar surface area (TPSA) is 73.9 Å².